The lowest BCUT2D eigenvalue weighted by molar-refractivity contribution is -0.119. The summed E-state index contributed by atoms with van der Waals surface area (Å²) in [5, 5.41) is 15.2. The first-order valence-electron chi connectivity index (χ1n) is 11.1. The molecule has 0 radical (unpaired) electrons. The molecule has 0 saturated carbocycles. The van der Waals surface area contributed by atoms with Crippen LogP contribution in [0.15, 0.2) is 24.5 Å². The molecule has 2 aliphatic rings. The predicted octanol–water partition coefficient (Wildman–Crippen LogP) is 3.28. The summed E-state index contributed by atoms with van der Waals surface area (Å²) >= 11 is 0. The molecular weight excluding hydrogens is 376 g/mol. The second-order valence-corrected chi connectivity index (χ2v) is 9.91. The molecule has 162 valence electrons. The van der Waals surface area contributed by atoms with Gasteiger partial charge in [0.15, 0.2) is 0 Å². The van der Waals surface area contributed by atoms with E-state index < -0.39 is 0 Å². The molecule has 30 heavy (non-hydrogen) atoms. The number of carbonyl (C=O) groups is 1. The summed E-state index contributed by atoms with van der Waals surface area (Å²) in [5.74, 6) is 1.40. The van der Waals surface area contributed by atoms with E-state index in [2.05, 4.69) is 55.1 Å². The van der Waals surface area contributed by atoms with E-state index in [-0.39, 0.29) is 17.4 Å². The molecule has 4 heterocycles. The van der Waals surface area contributed by atoms with E-state index in [1.807, 2.05) is 15.6 Å². The van der Waals surface area contributed by atoms with Crippen molar-refractivity contribution in [3.05, 3.63) is 30.1 Å². The zero-order valence-corrected chi connectivity index (χ0v) is 18.6. The maximum atomic E-state index is 11.6. The molecule has 7 heteroatoms. The van der Waals surface area contributed by atoms with Crippen molar-refractivity contribution in [2.24, 2.45) is 11.8 Å². The third kappa shape index (κ3) is 4.21. The van der Waals surface area contributed by atoms with Gasteiger partial charge in [0.25, 0.3) is 0 Å². The highest BCUT2D eigenvalue weighted by atomic mass is 16.2. The fourth-order valence-corrected chi connectivity index (χ4v) is 5.04. The number of amides is 1. The molecule has 0 spiro atoms. The van der Waals surface area contributed by atoms with Gasteiger partial charge in [-0.15, -0.1) is 0 Å². The molecule has 0 bridgehead atoms. The van der Waals surface area contributed by atoms with Crippen LogP contribution in [0.4, 0.5) is 5.69 Å². The molecule has 0 aliphatic carbocycles. The topological polar surface area (TPSA) is 76.7 Å². The minimum absolute atomic E-state index is 0.0974. The van der Waals surface area contributed by atoms with E-state index in [4.69, 9.17) is 5.41 Å². The molecule has 1 amide bonds. The maximum absolute atomic E-state index is 11.6. The van der Waals surface area contributed by atoms with Crippen LogP contribution in [0.2, 0.25) is 0 Å². The Balaban J connectivity index is 1.51. The number of hydrogen-bond acceptors (Lipinski definition) is 4. The fraction of sp³-hybridized carbons (Fsp3) is 0.609. The summed E-state index contributed by atoms with van der Waals surface area (Å²) in [6, 6.07) is 4.38. The fourth-order valence-electron chi connectivity index (χ4n) is 5.04. The monoisotopic (exact) mass is 410 g/mol. The van der Waals surface area contributed by atoms with Gasteiger partial charge >= 0.3 is 0 Å². The van der Waals surface area contributed by atoms with E-state index in [1.165, 1.54) is 31.5 Å². The van der Waals surface area contributed by atoms with E-state index in [1.54, 1.807) is 6.20 Å². The molecule has 2 saturated heterocycles. The Morgan fingerprint density at radius 3 is 2.83 bits per heavy atom. The molecular formula is C23H34N6O. The SMILES string of the molecule is CC(C)CN1CCC(Cc2ccn3ncc(N4CCC(=O)NC4=N)c3c2)CC1(C)C. The van der Waals surface area contributed by atoms with E-state index in [0.717, 1.165) is 17.6 Å². The predicted molar refractivity (Wildman–Crippen MR) is 120 cm³/mol. The van der Waals surface area contributed by atoms with Crippen molar-refractivity contribution in [1.82, 2.24) is 19.8 Å². The number of piperidine rings is 1. The lowest BCUT2D eigenvalue weighted by Crippen LogP contribution is -2.51. The molecule has 4 rings (SSSR count). The summed E-state index contributed by atoms with van der Waals surface area (Å²) < 4.78 is 1.86. The number of anilines is 1. The molecule has 2 fully saturated rings. The number of nitrogens with one attached hydrogen (secondary N) is 2. The zero-order chi connectivity index (χ0) is 21.5. The molecule has 2 aromatic heterocycles. The zero-order valence-electron chi connectivity index (χ0n) is 18.6. The number of guanidine groups is 1. The van der Waals surface area contributed by atoms with Crippen LogP contribution in [0.25, 0.3) is 5.52 Å². The van der Waals surface area contributed by atoms with Crippen LogP contribution in [0.5, 0.6) is 0 Å². The average molecular weight is 411 g/mol. The first-order chi connectivity index (χ1) is 14.2. The Morgan fingerprint density at radius 1 is 1.33 bits per heavy atom. The van der Waals surface area contributed by atoms with Crippen LogP contribution in [0.3, 0.4) is 0 Å². The Labute approximate surface area is 178 Å². The normalized spacial score (nSPS) is 22.7. The van der Waals surface area contributed by atoms with Crippen LogP contribution in [0, 0.1) is 17.2 Å². The lowest BCUT2D eigenvalue weighted by Gasteiger charge is -2.46. The number of likely N-dealkylation sites (tertiary alicyclic amines) is 1. The van der Waals surface area contributed by atoms with Crippen molar-refractivity contribution in [1.29, 1.82) is 5.41 Å². The van der Waals surface area contributed by atoms with Crippen molar-refractivity contribution in [3.63, 3.8) is 0 Å². The summed E-state index contributed by atoms with van der Waals surface area (Å²) in [7, 11) is 0. The molecule has 2 aromatic rings. The third-order valence-corrected chi connectivity index (χ3v) is 6.51. The van der Waals surface area contributed by atoms with Crippen molar-refractivity contribution in [2.45, 2.75) is 58.9 Å². The highest BCUT2D eigenvalue weighted by molar-refractivity contribution is 6.08. The van der Waals surface area contributed by atoms with Crippen LogP contribution < -0.4 is 10.2 Å². The van der Waals surface area contributed by atoms with Gasteiger partial charge in [-0.3, -0.25) is 20.4 Å². The van der Waals surface area contributed by atoms with Gasteiger partial charge in [0.05, 0.1) is 17.4 Å². The molecule has 2 N–H and O–H groups in total. The number of nitrogens with zero attached hydrogens (tertiary/aromatic N) is 4. The Morgan fingerprint density at radius 2 is 2.13 bits per heavy atom. The van der Waals surface area contributed by atoms with Crippen LogP contribution in [-0.2, 0) is 11.2 Å². The van der Waals surface area contributed by atoms with Crippen LogP contribution in [-0.4, -0.2) is 51.6 Å². The number of hydrogen-bond donors (Lipinski definition) is 2. The van der Waals surface area contributed by atoms with Gasteiger partial charge in [-0.2, -0.15) is 5.10 Å². The molecule has 2 aliphatic heterocycles. The number of rotatable bonds is 5. The van der Waals surface area contributed by atoms with Gasteiger partial charge in [0.1, 0.15) is 0 Å². The smallest absolute Gasteiger partial charge is 0.228 e. The Bertz CT molecular complexity index is 946. The van der Waals surface area contributed by atoms with E-state index in [0.29, 0.717) is 24.8 Å². The van der Waals surface area contributed by atoms with Gasteiger partial charge in [0.2, 0.25) is 11.9 Å². The second-order valence-electron chi connectivity index (χ2n) is 9.91. The van der Waals surface area contributed by atoms with Gasteiger partial charge < -0.3 is 4.90 Å². The Kier molecular flexibility index (Phi) is 5.57. The molecule has 7 nitrogen and oxygen atoms in total. The lowest BCUT2D eigenvalue weighted by atomic mass is 9.79. The molecule has 0 aromatic carbocycles. The van der Waals surface area contributed by atoms with Crippen molar-refractivity contribution < 1.29 is 4.79 Å². The summed E-state index contributed by atoms with van der Waals surface area (Å²) in [6.07, 6.45) is 7.70. The molecule has 1 unspecified atom stereocenters. The summed E-state index contributed by atoms with van der Waals surface area (Å²) in [5.41, 5.74) is 3.42. The van der Waals surface area contributed by atoms with E-state index in [9.17, 15) is 4.79 Å². The highest BCUT2D eigenvalue weighted by Crippen LogP contribution is 2.34. The van der Waals surface area contributed by atoms with Gasteiger partial charge in [0, 0.05) is 31.2 Å². The molecule has 1 atom stereocenters. The van der Waals surface area contributed by atoms with Gasteiger partial charge in [-0.25, -0.2) is 4.52 Å². The standard InChI is InChI=1S/C23H34N6O/c1-16(2)15-27-8-5-18(13-23(27,3)4)11-17-6-10-29-19(12-17)20(14-25-29)28-9-7-21(30)26-22(28)24/h6,10,12,14,16,18H,5,7-9,11,13,15H2,1-4H3,(H2,24,26,30). The minimum Gasteiger partial charge on any atom is -0.309 e. The maximum Gasteiger partial charge on any atom is 0.228 e. The van der Waals surface area contributed by atoms with Crippen molar-refractivity contribution >= 4 is 23.1 Å². The van der Waals surface area contributed by atoms with E-state index >= 15 is 0 Å². The first-order valence-corrected chi connectivity index (χ1v) is 11.1. The quantitative estimate of drug-likeness (QED) is 0.793. The largest absolute Gasteiger partial charge is 0.309 e. The van der Waals surface area contributed by atoms with Crippen molar-refractivity contribution in [2.75, 3.05) is 24.5 Å². The van der Waals surface area contributed by atoms with Gasteiger partial charge in [-0.05, 0) is 69.2 Å². The number of fused-ring (bicyclic) bond motifs is 1. The third-order valence-electron chi connectivity index (χ3n) is 6.51. The highest BCUT2D eigenvalue weighted by Gasteiger charge is 2.34. The average Bonchev–Trinajstić information content (AvgIpc) is 3.06. The number of carbonyl (C=O) groups excluding carboxylic acids is 1. The first kappa shape index (κ1) is 20.8. The second kappa shape index (κ2) is 8.02. The van der Waals surface area contributed by atoms with Crippen molar-refractivity contribution in [3.8, 4) is 0 Å². The number of pyridine rings is 1. The minimum atomic E-state index is -0.0974. The van der Waals surface area contributed by atoms with Crippen LogP contribution >= 0.6 is 0 Å². The summed E-state index contributed by atoms with van der Waals surface area (Å²) in [6.45, 7) is 12.2. The number of aromatic nitrogens is 2. The Hall–Kier alpha value is -2.41. The van der Waals surface area contributed by atoms with Crippen LogP contribution in [0.1, 0.15) is 52.5 Å². The van der Waals surface area contributed by atoms with Gasteiger partial charge in [-0.1, -0.05) is 13.8 Å². The summed E-state index contributed by atoms with van der Waals surface area (Å²) in [4.78, 5) is 16.0.